The van der Waals surface area contributed by atoms with Crippen LogP contribution in [0.5, 0.6) is 0 Å². The summed E-state index contributed by atoms with van der Waals surface area (Å²) in [6, 6.07) is 39.6. The van der Waals surface area contributed by atoms with E-state index in [1.165, 1.54) is 0 Å². The van der Waals surface area contributed by atoms with Gasteiger partial charge >= 0.3 is 0 Å². The van der Waals surface area contributed by atoms with Crippen LogP contribution in [0.15, 0.2) is 120 Å². The van der Waals surface area contributed by atoms with E-state index in [1.807, 2.05) is 36.4 Å². The molecule has 1 heterocycles. The van der Waals surface area contributed by atoms with E-state index in [2.05, 4.69) is 78.9 Å². The van der Waals surface area contributed by atoms with Gasteiger partial charge in [-0.2, -0.15) is 0 Å². The minimum Gasteiger partial charge on any atom is -0.456 e. The molecule has 0 fully saturated rings. The fourth-order valence-corrected chi connectivity index (χ4v) is 6.66. The lowest BCUT2D eigenvalue weighted by Crippen LogP contribution is -2.55. The lowest BCUT2D eigenvalue weighted by Gasteiger charge is -2.25. The lowest BCUT2D eigenvalue weighted by atomic mass is 9.59. The first-order chi connectivity index (χ1) is 21.4. The Bertz CT molecular complexity index is 2360. The summed E-state index contributed by atoms with van der Waals surface area (Å²) in [6.07, 6.45) is 0. The fraction of sp³-hybridized carbons (Fsp3) is 0. The largest absolute Gasteiger partial charge is 0.456 e. The smallest absolute Gasteiger partial charge is 0.136 e. The van der Waals surface area contributed by atoms with Crippen LogP contribution in [0.25, 0.3) is 76.9 Å². The van der Waals surface area contributed by atoms with Crippen LogP contribution in [0.2, 0.25) is 0 Å². The molecule has 44 heavy (non-hydrogen) atoms. The van der Waals surface area contributed by atoms with Gasteiger partial charge in [-0.05, 0) is 73.1 Å². The van der Waals surface area contributed by atoms with Crippen molar-refractivity contribution in [3.63, 3.8) is 0 Å². The maximum absolute atomic E-state index is 6.67. The summed E-state index contributed by atoms with van der Waals surface area (Å²) in [6.45, 7) is 0. The molecule has 6 heteroatoms. The highest BCUT2D eigenvalue weighted by atomic mass is 16.3. The Labute approximate surface area is 262 Å². The molecule has 10 radical (unpaired) electrons. The van der Waals surface area contributed by atoms with Crippen LogP contribution in [0.3, 0.4) is 0 Å². The van der Waals surface area contributed by atoms with Crippen molar-refractivity contribution in [2.45, 2.75) is 0 Å². The summed E-state index contributed by atoms with van der Waals surface area (Å²) in [5.74, 6) is 0. The van der Waals surface area contributed by atoms with Gasteiger partial charge in [-0.25, -0.2) is 0 Å². The van der Waals surface area contributed by atoms with Gasteiger partial charge in [0.05, 0.1) is 0 Å². The highest BCUT2D eigenvalue weighted by molar-refractivity contribution is 6.69. The van der Waals surface area contributed by atoms with Crippen molar-refractivity contribution in [1.29, 1.82) is 0 Å². The Morgan fingerprint density at radius 1 is 0.364 bits per heavy atom. The second-order valence-corrected chi connectivity index (χ2v) is 11.1. The molecule has 7 aromatic carbocycles. The monoisotopic (exact) mass is 546 g/mol. The zero-order chi connectivity index (χ0) is 30.1. The van der Waals surface area contributed by atoms with Gasteiger partial charge in [0, 0.05) is 10.8 Å². The third kappa shape index (κ3) is 3.87. The Morgan fingerprint density at radius 3 is 1.43 bits per heavy atom. The molecule has 0 unspecified atom stereocenters. The van der Waals surface area contributed by atoms with Crippen LogP contribution in [-0.2, 0) is 0 Å². The first-order valence-corrected chi connectivity index (χ1v) is 14.4. The quantitative estimate of drug-likeness (QED) is 0.228. The summed E-state index contributed by atoms with van der Waals surface area (Å²) >= 11 is 0. The normalized spacial score (nSPS) is 11.6. The van der Waals surface area contributed by atoms with Crippen molar-refractivity contribution in [2.24, 2.45) is 0 Å². The second kappa shape index (κ2) is 10.1. The average molecular weight is 546 g/mol. The van der Waals surface area contributed by atoms with Crippen molar-refractivity contribution in [3.05, 3.63) is 115 Å². The van der Waals surface area contributed by atoms with E-state index >= 15 is 0 Å². The van der Waals surface area contributed by atoms with Crippen molar-refractivity contribution >= 4 is 110 Å². The molecule has 1 nitrogen and oxygen atoms in total. The highest BCUT2D eigenvalue weighted by Crippen LogP contribution is 2.47. The van der Waals surface area contributed by atoms with Crippen molar-refractivity contribution < 1.29 is 4.42 Å². The molecule has 0 N–H and O–H groups in total. The molecular weight excluding hydrogens is 526 g/mol. The number of hydrogen-bond donors (Lipinski definition) is 0. The highest BCUT2D eigenvalue weighted by Gasteiger charge is 2.23. The molecule has 0 aliphatic rings. The molecule has 1 aromatic heterocycles. The van der Waals surface area contributed by atoms with E-state index in [9.17, 15) is 0 Å². The van der Waals surface area contributed by atoms with Crippen LogP contribution in [0, 0.1) is 0 Å². The predicted octanol–water partition coefficient (Wildman–Crippen LogP) is 4.86. The number of furan rings is 1. The van der Waals surface area contributed by atoms with Crippen molar-refractivity contribution in [1.82, 2.24) is 0 Å². The van der Waals surface area contributed by atoms with E-state index in [-0.39, 0.29) is 16.4 Å². The number of benzene rings is 7. The van der Waals surface area contributed by atoms with Crippen LogP contribution >= 0.6 is 0 Å². The summed E-state index contributed by atoms with van der Waals surface area (Å²) < 4.78 is 6.49. The van der Waals surface area contributed by atoms with Crippen molar-refractivity contribution in [2.75, 3.05) is 0 Å². The van der Waals surface area contributed by atoms with E-state index in [1.54, 1.807) is 0 Å². The lowest BCUT2D eigenvalue weighted by molar-refractivity contribution is 0.669. The summed E-state index contributed by atoms with van der Waals surface area (Å²) in [7, 11) is 32.3. The Kier molecular flexibility index (Phi) is 6.17. The topological polar surface area (TPSA) is 13.1 Å². The van der Waals surface area contributed by atoms with E-state index in [0.29, 0.717) is 16.5 Å². The maximum Gasteiger partial charge on any atom is 0.136 e. The Morgan fingerprint density at radius 2 is 0.841 bits per heavy atom. The Balaban J connectivity index is 1.59. The molecule has 0 amide bonds. The molecule has 0 bridgehead atoms. The zero-order valence-corrected chi connectivity index (χ0v) is 23.8. The van der Waals surface area contributed by atoms with Crippen LogP contribution in [0.4, 0.5) is 0 Å². The van der Waals surface area contributed by atoms with E-state index in [0.717, 1.165) is 71.3 Å². The fourth-order valence-electron chi connectivity index (χ4n) is 6.66. The first kappa shape index (κ1) is 26.8. The average Bonchev–Trinajstić information content (AvgIpc) is 3.45. The van der Waals surface area contributed by atoms with E-state index < -0.39 is 0 Å². The molecule has 0 aliphatic carbocycles. The van der Waals surface area contributed by atoms with Crippen LogP contribution < -0.4 is 27.3 Å². The van der Waals surface area contributed by atoms with Gasteiger partial charge in [0.2, 0.25) is 0 Å². The minimum atomic E-state index is 0.195. The van der Waals surface area contributed by atoms with Crippen LogP contribution in [0.1, 0.15) is 0 Å². The molecule has 0 saturated carbocycles. The van der Waals surface area contributed by atoms with Gasteiger partial charge in [-0.15, -0.1) is 16.4 Å². The summed E-state index contributed by atoms with van der Waals surface area (Å²) in [4.78, 5) is 0. The third-order valence-corrected chi connectivity index (χ3v) is 8.74. The van der Waals surface area contributed by atoms with Gasteiger partial charge in [0.25, 0.3) is 0 Å². The molecule has 0 saturated heterocycles. The summed E-state index contributed by atoms with van der Waals surface area (Å²) in [5.41, 5.74) is 8.72. The molecule has 8 rings (SSSR count). The van der Waals surface area contributed by atoms with Crippen molar-refractivity contribution in [3.8, 4) is 33.4 Å². The maximum atomic E-state index is 6.67. The molecule has 0 atom stereocenters. The van der Waals surface area contributed by atoms with Gasteiger partial charge in [-0.3, -0.25) is 0 Å². The number of para-hydroxylation sites is 1. The zero-order valence-electron chi connectivity index (χ0n) is 23.8. The van der Waals surface area contributed by atoms with Gasteiger partial charge < -0.3 is 4.42 Å². The molecule has 8 aromatic rings. The van der Waals surface area contributed by atoms with Gasteiger partial charge in [0.15, 0.2) is 0 Å². The van der Waals surface area contributed by atoms with Crippen LogP contribution in [-0.4, -0.2) is 39.2 Å². The van der Waals surface area contributed by atoms with Gasteiger partial charge in [0.1, 0.15) is 50.4 Å². The van der Waals surface area contributed by atoms with Gasteiger partial charge in [-0.1, -0.05) is 108 Å². The second-order valence-electron chi connectivity index (χ2n) is 11.1. The number of fused-ring (bicyclic) bond motifs is 5. The Hall–Kier alpha value is -4.82. The molecule has 192 valence electrons. The molecule has 0 aliphatic heterocycles. The summed E-state index contributed by atoms with van der Waals surface area (Å²) in [5, 5.41) is 6.12. The number of hydrogen-bond acceptors (Lipinski definition) is 1. The first-order valence-electron chi connectivity index (χ1n) is 14.4. The SMILES string of the molecule is [B]c1c([B])c([B])c(-c2c3ccccc3c(-c3cc(-c4ccccc4)cc4oc5ccccc5c34)c3ccccc23)c([B])c1[B]. The number of rotatable bonds is 3. The third-order valence-electron chi connectivity index (χ3n) is 8.74. The molecular formula is C38H19B5O. The predicted molar refractivity (Wildman–Crippen MR) is 192 cm³/mol. The standard InChI is InChI=1S/C38H19B5O/c39-34-33(35(40)37(42)38(43)36(34)41)32-24-14-6-4-12-22(24)30(23-13-5-7-15-25(23)32)27-18-21(20-10-2-1-3-11-20)19-29-31(27)26-16-8-9-17-28(26)44-29/h1-19H. The molecule has 0 spiro atoms. The van der Waals surface area contributed by atoms with E-state index in [4.69, 9.17) is 43.6 Å². The minimum absolute atomic E-state index is 0.195.